The van der Waals surface area contributed by atoms with Crippen LogP contribution in [0, 0.1) is 5.92 Å². The molecule has 0 radical (unpaired) electrons. The van der Waals surface area contributed by atoms with Gasteiger partial charge in [-0.2, -0.15) is 0 Å². The molecule has 4 heteroatoms. The molecule has 2 heterocycles. The van der Waals surface area contributed by atoms with Crippen LogP contribution in [0.4, 0.5) is 0 Å². The van der Waals surface area contributed by atoms with Gasteiger partial charge in [-0.1, -0.05) is 0 Å². The lowest BCUT2D eigenvalue weighted by Gasteiger charge is -2.23. The van der Waals surface area contributed by atoms with Crippen molar-refractivity contribution in [2.75, 3.05) is 6.54 Å². The van der Waals surface area contributed by atoms with Crippen LogP contribution in [0.5, 0.6) is 0 Å². The Bertz CT molecular complexity index is 289. The predicted octanol–water partition coefficient (Wildman–Crippen LogP) is 0.332. The third-order valence-corrected chi connectivity index (χ3v) is 2.73. The van der Waals surface area contributed by atoms with Crippen LogP contribution in [-0.4, -0.2) is 21.3 Å². The predicted molar refractivity (Wildman–Crippen MR) is 43.5 cm³/mol. The zero-order valence-corrected chi connectivity index (χ0v) is 6.90. The minimum absolute atomic E-state index is 0.487. The summed E-state index contributed by atoms with van der Waals surface area (Å²) < 4.78 is 2.17. The summed E-state index contributed by atoms with van der Waals surface area (Å²) in [7, 11) is 0. The van der Waals surface area contributed by atoms with Gasteiger partial charge in [0.1, 0.15) is 12.2 Å². The molecule has 1 N–H and O–H groups in total. The number of hydrogen-bond donors (Lipinski definition) is 1. The summed E-state index contributed by atoms with van der Waals surface area (Å²) in [5.74, 6) is 1.97. The van der Waals surface area contributed by atoms with Crippen LogP contribution < -0.4 is 5.32 Å². The highest BCUT2D eigenvalue weighted by Crippen LogP contribution is 2.40. The molecule has 64 valence electrons. The standard InChI is InChI=1S/C8H12N4/c1-2-6(1)7-8-11-10-5-12(8)4-3-9-7/h5-7,9H,1-4H2. The normalized spacial score (nSPS) is 28.5. The molecule has 0 amide bonds. The van der Waals surface area contributed by atoms with Crippen molar-refractivity contribution in [1.82, 2.24) is 20.1 Å². The van der Waals surface area contributed by atoms with E-state index in [-0.39, 0.29) is 0 Å². The van der Waals surface area contributed by atoms with Crippen molar-refractivity contribution >= 4 is 0 Å². The molecular weight excluding hydrogens is 152 g/mol. The second kappa shape index (κ2) is 2.29. The molecule has 1 aromatic rings. The number of rotatable bonds is 1. The Hall–Kier alpha value is -0.900. The Morgan fingerprint density at radius 1 is 1.50 bits per heavy atom. The van der Waals surface area contributed by atoms with Gasteiger partial charge < -0.3 is 9.88 Å². The van der Waals surface area contributed by atoms with E-state index in [1.807, 2.05) is 6.33 Å². The van der Waals surface area contributed by atoms with E-state index in [2.05, 4.69) is 20.1 Å². The van der Waals surface area contributed by atoms with E-state index in [9.17, 15) is 0 Å². The summed E-state index contributed by atoms with van der Waals surface area (Å²) in [6, 6.07) is 0.487. The average molecular weight is 164 g/mol. The highest BCUT2D eigenvalue weighted by Gasteiger charge is 2.36. The largest absolute Gasteiger partial charge is 0.315 e. The molecule has 1 aliphatic heterocycles. The number of aromatic nitrogens is 3. The average Bonchev–Trinajstić information content (AvgIpc) is 2.82. The number of nitrogens with one attached hydrogen (secondary N) is 1. The fourth-order valence-corrected chi connectivity index (χ4v) is 1.92. The third kappa shape index (κ3) is 0.876. The molecule has 1 fully saturated rings. The second-order valence-corrected chi connectivity index (χ2v) is 3.65. The Balaban J connectivity index is 1.97. The molecule has 1 saturated carbocycles. The molecule has 0 saturated heterocycles. The van der Waals surface area contributed by atoms with Crippen molar-refractivity contribution in [1.29, 1.82) is 0 Å². The lowest BCUT2D eigenvalue weighted by atomic mass is 10.1. The van der Waals surface area contributed by atoms with Crippen molar-refractivity contribution < 1.29 is 0 Å². The first-order chi connectivity index (χ1) is 5.95. The van der Waals surface area contributed by atoms with Gasteiger partial charge in [0.05, 0.1) is 6.04 Å². The van der Waals surface area contributed by atoms with E-state index in [0.717, 1.165) is 24.8 Å². The highest BCUT2D eigenvalue weighted by atomic mass is 15.3. The van der Waals surface area contributed by atoms with Crippen LogP contribution in [0.3, 0.4) is 0 Å². The Morgan fingerprint density at radius 3 is 3.25 bits per heavy atom. The van der Waals surface area contributed by atoms with Gasteiger partial charge in [0.15, 0.2) is 0 Å². The maximum absolute atomic E-state index is 4.15. The van der Waals surface area contributed by atoms with Gasteiger partial charge in [-0.15, -0.1) is 10.2 Å². The summed E-state index contributed by atoms with van der Waals surface area (Å²) >= 11 is 0. The van der Waals surface area contributed by atoms with Gasteiger partial charge in [0, 0.05) is 13.1 Å². The molecule has 4 nitrogen and oxygen atoms in total. The van der Waals surface area contributed by atoms with E-state index >= 15 is 0 Å². The monoisotopic (exact) mass is 164 g/mol. The molecule has 1 unspecified atom stereocenters. The van der Waals surface area contributed by atoms with Crippen LogP contribution in [0.2, 0.25) is 0 Å². The van der Waals surface area contributed by atoms with E-state index in [4.69, 9.17) is 0 Å². The van der Waals surface area contributed by atoms with Crippen LogP contribution >= 0.6 is 0 Å². The lowest BCUT2D eigenvalue weighted by molar-refractivity contribution is 0.381. The fourth-order valence-electron chi connectivity index (χ4n) is 1.92. The van der Waals surface area contributed by atoms with Gasteiger partial charge in [-0.3, -0.25) is 0 Å². The SMILES string of the molecule is c1nnc2n1CCNC2C1CC1. The number of nitrogens with zero attached hydrogens (tertiary/aromatic N) is 3. The Kier molecular flexibility index (Phi) is 1.26. The first-order valence-corrected chi connectivity index (χ1v) is 4.56. The van der Waals surface area contributed by atoms with Gasteiger partial charge in [-0.05, 0) is 18.8 Å². The zero-order chi connectivity index (χ0) is 7.97. The molecule has 1 aliphatic carbocycles. The summed E-state index contributed by atoms with van der Waals surface area (Å²) in [4.78, 5) is 0. The maximum Gasteiger partial charge on any atom is 0.150 e. The van der Waals surface area contributed by atoms with Crippen molar-refractivity contribution in [3.63, 3.8) is 0 Å². The van der Waals surface area contributed by atoms with Gasteiger partial charge in [0.25, 0.3) is 0 Å². The fraction of sp³-hybridized carbons (Fsp3) is 0.750. The molecule has 3 rings (SSSR count). The van der Waals surface area contributed by atoms with Crippen molar-refractivity contribution in [2.24, 2.45) is 5.92 Å². The van der Waals surface area contributed by atoms with E-state index < -0.39 is 0 Å². The Morgan fingerprint density at radius 2 is 2.42 bits per heavy atom. The second-order valence-electron chi connectivity index (χ2n) is 3.65. The van der Waals surface area contributed by atoms with E-state index in [0.29, 0.717) is 6.04 Å². The van der Waals surface area contributed by atoms with Gasteiger partial charge in [0.2, 0.25) is 0 Å². The smallest absolute Gasteiger partial charge is 0.150 e. The molecule has 12 heavy (non-hydrogen) atoms. The molecule has 1 atom stereocenters. The first-order valence-electron chi connectivity index (χ1n) is 4.56. The van der Waals surface area contributed by atoms with Crippen LogP contribution in [-0.2, 0) is 6.54 Å². The molecule has 0 aromatic carbocycles. The molecule has 0 bridgehead atoms. The molecular formula is C8H12N4. The quantitative estimate of drug-likeness (QED) is 0.650. The number of hydrogen-bond acceptors (Lipinski definition) is 3. The summed E-state index contributed by atoms with van der Waals surface area (Å²) in [6.45, 7) is 2.08. The van der Waals surface area contributed by atoms with Crippen LogP contribution in [0.15, 0.2) is 6.33 Å². The van der Waals surface area contributed by atoms with Crippen molar-refractivity contribution in [2.45, 2.75) is 25.4 Å². The zero-order valence-electron chi connectivity index (χ0n) is 6.90. The third-order valence-electron chi connectivity index (χ3n) is 2.73. The molecule has 0 spiro atoms. The van der Waals surface area contributed by atoms with E-state index in [1.54, 1.807) is 0 Å². The minimum Gasteiger partial charge on any atom is -0.315 e. The highest BCUT2D eigenvalue weighted by molar-refractivity contribution is 5.04. The molecule has 1 aromatic heterocycles. The summed E-state index contributed by atoms with van der Waals surface area (Å²) in [6.07, 6.45) is 4.54. The van der Waals surface area contributed by atoms with Gasteiger partial charge in [-0.25, -0.2) is 0 Å². The van der Waals surface area contributed by atoms with E-state index in [1.165, 1.54) is 12.8 Å². The Labute approximate surface area is 71.0 Å². The number of fused-ring (bicyclic) bond motifs is 1. The van der Waals surface area contributed by atoms with Crippen LogP contribution in [0.25, 0.3) is 0 Å². The molecule has 2 aliphatic rings. The van der Waals surface area contributed by atoms with Crippen molar-refractivity contribution in [3.8, 4) is 0 Å². The summed E-state index contributed by atoms with van der Waals surface area (Å²) in [5, 5.41) is 11.6. The topological polar surface area (TPSA) is 42.7 Å². The summed E-state index contributed by atoms with van der Waals surface area (Å²) in [5.41, 5.74) is 0. The van der Waals surface area contributed by atoms with Crippen LogP contribution in [0.1, 0.15) is 24.7 Å². The van der Waals surface area contributed by atoms with Crippen molar-refractivity contribution in [3.05, 3.63) is 12.2 Å². The maximum atomic E-state index is 4.15. The van der Waals surface area contributed by atoms with Gasteiger partial charge >= 0.3 is 0 Å². The lowest BCUT2D eigenvalue weighted by Crippen LogP contribution is -2.34. The first kappa shape index (κ1) is 6.60. The minimum atomic E-state index is 0.487.